The van der Waals surface area contributed by atoms with Gasteiger partial charge in [-0.3, -0.25) is 4.79 Å². The molecule has 0 spiro atoms. The molecule has 0 unspecified atom stereocenters. The van der Waals surface area contributed by atoms with Crippen molar-refractivity contribution in [1.29, 1.82) is 0 Å². The summed E-state index contributed by atoms with van der Waals surface area (Å²) < 4.78 is 1.33. The number of anilines is 1. The Morgan fingerprint density at radius 1 is 1.23 bits per heavy atom. The normalized spacial score (nSPS) is 14.4. The number of hydrogen-bond acceptors (Lipinski definition) is 4. The van der Waals surface area contributed by atoms with Crippen LogP contribution in [0.15, 0.2) is 41.3 Å². The Kier molecular flexibility index (Phi) is 6.11. The first-order chi connectivity index (χ1) is 12.6. The van der Waals surface area contributed by atoms with Crippen LogP contribution in [0.4, 0.5) is 5.69 Å². The predicted molar refractivity (Wildman–Crippen MR) is 110 cm³/mol. The zero-order valence-corrected chi connectivity index (χ0v) is 16.3. The Balaban J connectivity index is 1.72. The zero-order valence-electron chi connectivity index (χ0n) is 14.7. The highest BCUT2D eigenvalue weighted by Crippen LogP contribution is 2.23. The second kappa shape index (κ2) is 8.51. The minimum atomic E-state index is -0.307. The first-order valence-electron chi connectivity index (χ1n) is 8.72. The molecule has 1 aromatic heterocycles. The molecular formula is C18H22ClN5OS. The van der Waals surface area contributed by atoms with Crippen molar-refractivity contribution in [3.63, 3.8) is 0 Å². The molecule has 0 aliphatic carbocycles. The molecule has 0 radical (unpaired) electrons. The maximum absolute atomic E-state index is 12.6. The van der Waals surface area contributed by atoms with Crippen LogP contribution in [-0.2, 0) is 0 Å². The number of hydrogen-bond donors (Lipinski definition) is 1. The number of aromatic nitrogens is 2. The third-order valence-electron chi connectivity index (χ3n) is 4.34. The average Bonchev–Trinajstić information content (AvgIpc) is 2.69. The molecule has 2 heterocycles. The van der Waals surface area contributed by atoms with Crippen molar-refractivity contribution >= 4 is 34.6 Å². The molecule has 3 rings (SSSR count). The van der Waals surface area contributed by atoms with Crippen molar-refractivity contribution in [2.75, 3.05) is 37.6 Å². The van der Waals surface area contributed by atoms with Crippen LogP contribution < -0.4 is 15.8 Å². The third kappa shape index (κ3) is 3.99. The molecule has 1 N–H and O–H groups in total. The number of nitrogens with zero attached hydrogens (tertiary/aromatic N) is 4. The van der Waals surface area contributed by atoms with E-state index in [1.807, 2.05) is 30.3 Å². The van der Waals surface area contributed by atoms with Crippen LogP contribution >= 0.6 is 23.8 Å². The fraction of sp³-hybridized carbons (Fsp3) is 0.389. The van der Waals surface area contributed by atoms with E-state index < -0.39 is 0 Å². The standard InChI is InChI=1S/C18H22ClN5OS/c1-2-8-20-18(26)23-11-9-22(10-12-23)15-13-21-24(17(25)16(15)19)14-6-4-3-5-7-14/h3-7,13H,2,8-12H2,1H3,(H,20,26). The van der Waals surface area contributed by atoms with Crippen molar-refractivity contribution in [2.45, 2.75) is 13.3 Å². The lowest BCUT2D eigenvalue weighted by atomic mass is 10.3. The summed E-state index contributed by atoms with van der Waals surface area (Å²) in [5, 5.41) is 8.54. The van der Waals surface area contributed by atoms with Crippen LogP contribution in [-0.4, -0.2) is 52.5 Å². The summed E-state index contributed by atoms with van der Waals surface area (Å²) >= 11 is 11.8. The van der Waals surface area contributed by atoms with Crippen LogP contribution in [0.5, 0.6) is 0 Å². The number of halogens is 1. The summed E-state index contributed by atoms with van der Waals surface area (Å²) in [5.74, 6) is 0. The molecule has 2 aromatic rings. The van der Waals surface area contributed by atoms with Gasteiger partial charge < -0.3 is 15.1 Å². The van der Waals surface area contributed by atoms with E-state index in [4.69, 9.17) is 23.8 Å². The number of benzene rings is 1. The molecule has 0 saturated carbocycles. The first kappa shape index (κ1) is 18.7. The molecule has 138 valence electrons. The monoisotopic (exact) mass is 391 g/mol. The maximum Gasteiger partial charge on any atom is 0.292 e. The second-order valence-electron chi connectivity index (χ2n) is 6.10. The zero-order chi connectivity index (χ0) is 18.5. The van der Waals surface area contributed by atoms with E-state index in [9.17, 15) is 4.79 Å². The highest BCUT2D eigenvalue weighted by Gasteiger charge is 2.22. The summed E-state index contributed by atoms with van der Waals surface area (Å²) in [7, 11) is 0. The fourth-order valence-electron chi connectivity index (χ4n) is 2.89. The molecule has 8 heteroatoms. The Morgan fingerprint density at radius 2 is 1.92 bits per heavy atom. The predicted octanol–water partition coefficient (Wildman–Crippen LogP) is 2.29. The van der Waals surface area contributed by atoms with Gasteiger partial charge in [0.1, 0.15) is 5.02 Å². The van der Waals surface area contributed by atoms with E-state index in [-0.39, 0.29) is 10.6 Å². The van der Waals surface area contributed by atoms with E-state index in [0.717, 1.165) is 44.3 Å². The fourth-order valence-corrected chi connectivity index (χ4v) is 3.42. The Labute approximate surface area is 163 Å². The molecule has 1 saturated heterocycles. The summed E-state index contributed by atoms with van der Waals surface area (Å²) in [6, 6.07) is 9.27. The van der Waals surface area contributed by atoms with E-state index >= 15 is 0 Å². The quantitative estimate of drug-likeness (QED) is 0.807. The smallest absolute Gasteiger partial charge is 0.292 e. The highest BCUT2D eigenvalue weighted by molar-refractivity contribution is 7.80. The molecule has 1 aliphatic heterocycles. The van der Waals surface area contributed by atoms with Gasteiger partial charge in [0.2, 0.25) is 0 Å². The van der Waals surface area contributed by atoms with Crippen LogP contribution in [0, 0.1) is 0 Å². The SMILES string of the molecule is CCCNC(=S)N1CCN(c2cnn(-c3ccccc3)c(=O)c2Cl)CC1. The lowest BCUT2D eigenvalue weighted by molar-refractivity contribution is 0.380. The van der Waals surface area contributed by atoms with Gasteiger partial charge in [0, 0.05) is 32.7 Å². The number of rotatable bonds is 4. The van der Waals surface area contributed by atoms with Gasteiger partial charge in [-0.25, -0.2) is 0 Å². The Hall–Kier alpha value is -2.12. The van der Waals surface area contributed by atoms with E-state index in [1.165, 1.54) is 4.68 Å². The van der Waals surface area contributed by atoms with E-state index in [2.05, 4.69) is 27.1 Å². The Morgan fingerprint density at radius 3 is 2.58 bits per heavy atom. The van der Waals surface area contributed by atoms with Crippen LogP contribution in [0.3, 0.4) is 0 Å². The van der Waals surface area contributed by atoms with Gasteiger partial charge >= 0.3 is 0 Å². The number of para-hydroxylation sites is 1. The number of nitrogens with one attached hydrogen (secondary N) is 1. The summed E-state index contributed by atoms with van der Waals surface area (Å²) in [6.45, 7) is 6.04. The molecule has 26 heavy (non-hydrogen) atoms. The number of thiocarbonyl (C=S) groups is 1. The molecule has 0 amide bonds. The molecule has 1 fully saturated rings. The minimum Gasteiger partial charge on any atom is -0.365 e. The molecule has 0 atom stereocenters. The molecular weight excluding hydrogens is 370 g/mol. The lowest BCUT2D eigenvalue weighted by Crippen LogP contribution is -2.52. The van der Waals surface area contributed by atoms with E-state index in [1.54, 1.807) is 6.20 Å². The number of piperazine rings is 1. The first-order valence-corrected chi connectivity index (χ1v) is 9.51. The van der Waals surface area contributed by atoms with Gasteiger partial charge in [-0.05, 0) is 30.8 Å². The highest BCUT2D eigenvalue weighted by atomic mass is 35.5. The van der Waals surface area contributed by atoms with Crippen molar-refractivity contribution < 1.29 is 0 Å². The van der Waals surface area contributed by atoms with Gasteiger partial charge in [-0.2, -0.15) is 9.78 Å². The van der Waals surface area contributed by atoms with Crippen LogP contribution in [0.1, 0.15) is 13.3 Å². The molecule has 6 nitrogen and oxygen atoms in total. The van der Waals surface area contributed by atoms with Crippen molar-refractivity contribution in [3.8, 4) is 5.69 Å². The minimum absolute atomic E-state index is 0.198. The maximum atomic E-state index is 12.6. The van der Waals surface area contributed by atoms with Gasteiger partial charge in [-0.15, -0.1) is 0 Å². The molecule has 0 bridgehead atoms. The summed E-state index contributed by atoms with van der Waals surface area (Å²) in [6.07, 6.45) is 2.71. The van der Waals surface area contributed by atoms with Gasteiger partial charge in [0.25, 0.3) is 5.56 Å². The van der Waals surface area contributed by atoms with Gasteiger partial charge in [0.15, 0.2) is 5.11 Å². The van der Waals surface area contributed by atoms with Crippen molar-refractivity contribution in [1.82, 2.24) is 20.0 Å². The van der Waals surface area contributed by atoms with Gasteiger partial charge in [-0.1, -0.05) is 36.7 Å². The lowest BCUT2D eigenvalue weighted by Gasteiger charge is -2.37. The summed E-state index contributed by atoms with van der Waals surface area (Å²) in [5.41, 5.74) is 1.07. The van der Waals surface area contributed by atoms with Gasteiger partial charge in [0.05, 0.1) is 17.6 Å². The van der Waals surface area contributed by atoms with Crippen molar-refractivity contribution in [2.24, 2.45) is 0 Å². The molecule has 1 aromatic carbocycles. The largest absolute Gasteiger partial charge is 0.365 e. The Bertz CT molecular complexity index is 818. The van der Waals surface area contributed by atoms with Crippen LogP contribution in [0.25, 0.3) is 5.69 Å². The van der Waals surface area contributed by atoms with Crippen LogP contribution in [0.2, 0.25) is 5.02 Å². The summed E-state index contributed by atoms with van der Waals surface area (Å²) in [4.78, 5) is 16.9. The second-order valence-corrected chi connectivity index (χ2v) is 6.87. The molecule has 1 aliphatic rings. The van der Waals surface area contributed by atoms with Crippen molar-refractivity contribution in [3.05, 3.63) is 51.9 Å². The van der Waals surface area contributed by atoms with E-state index in [0.29, 0.717) is 11.4 Å². The topological polar surface area (TPSA) is 53.4 Å². The third-order valence-corrected chi connectivity index (χ3v) is 5.09. The average molecular weight is 392 g/mol.